The Morgan fingerprint density at radius 2 is 1.57 bits per heavy atom. The van der Waals surface area contributed by atoms with Gasteiger partial charge in [0.05, 0.1) is 20.6 Å². The second-order valence-corrected chi connectivity index (χ2v) is 12.6. The number of sulfonamides is 1. The Bertz CT molecular complexity index is 1430. The number of carbonyl (C=O) groups is 2. The first kappa shape index (κ1) is 31.5. The number of rotatable bonds is 12. The number of hydrogen-bond acceptors (Lipinski definition) is 4. The molecular formula is C30H35Cl2N3O4S. The number of halogens is 2. The number of carbonyl (C=O) groups excluding carboxylic acids is 2. The summed E-state index contributed by atoms with van der Waals surface area (Å²) in [5, 5.41) is 3.08. The summed E-state index contributed by atoms with van der Waals surface area (Å²) >= 11 is 12.7. The van der Waals surface area contributed by atoms with Gasteiger partial charge in [0.1, 0.15) is 12.6 Å². The molecule has 0 bridgehead atoms. The predicted octanol–water partition coefficient (Wildman–Crippen LogP) is 6.08. The second-order valence-electron chi connectivity index (χ2n) is 9.91. The minimum Gasteiger partial charge on any atom is -0.354 e. The van der Waals surface area contributed by atoms with Crippen LogP contribution in [0, 0.1) is 12.8 Å². The Balaban J connectivity index is 2.09. The zero-order chi connectivity index (χ0) is 29.4. The van der Waals surface area contributed by atoms with Gasteiger partial charge in [-0.15, -0.1) is 0 Å². The number of nitrogens with one attached hydrogen (secondary N) is 1. The van der Waals surface area contributed by atoms with Crippen molar-refractivity contribution < 1.29 is 18.0 Å². The standard InChI is InChI=1S/C30H35Cl2N3O4S/c1-5-26(30(37)33-18-21(2)3)34(19-23-13-10-9-12-22(23)4)28(36)20-35(27-17-11-16-25(31)29(27)32)40(38,39)24-14-7-6-8-15-24/h6-17,21,26H,5,18-20H2,1-4H3,(H,33,37)/t26-/m0/s1. The maximum Gasteiger partial charge on any atom is 0.264 e. The molecule has 0 radical (unpaired) electrons. The van der Waals surface area contributed by atoms with Crippen LogP contribution >= 0.6 is 23.2 Å². The van der Waals surface area contributed by atoms with Gasteiger partial charge >= 0.3 is 0 Å². The Hall–Kier alpha value is -3.07. The van der Waals surface area contributed by atoms with Gasteiger partial charge in [-0.3, -0.25) is 13.9 Å². The van der Waals surface area contributed by atoms with Gasteiger partial charge in [0.2, 0.25) is 11.8 Å². The molecule has 214 valence electrons. The zero-order valence-corrected chi connectivity index (χ0v) is 25.4. The van der Waals surface area contributed by atoms with E-state index >= 15 is 0 Å². The minimum atomic E-state index is -4.23. The first-order valence-corrected chi connectivity index (χ1v) is 15.3. The molecule has 0 saturated carbocycles. The van der Waals surface area contributed by atoms with Crippen molar-refractivity contribution in [1.82, 2.24) is 10.2 Å². The van der Waals surface area contributed by atoms with Crippen LogP contribution < -0.4 is 9.62 Å². The van der Waals surface area contributed by atoms with Crippen LogP contribution in [-0.4, -0.2) is 44.3 Å². The molecule has 40 heavy (non-hydrogen) atoms. The van der Waals surface area contributed by atoms with Gasteiger partial charge < -0.3 is 10.2 Å². The summed E-state index contributed by atoms with van der Waals surface area (Å²) in [6, 6.07) is 19.2. The highest BCUT2D eigenvalue weighted by atomic mass is 35.5. The van der Waals surface area contributed by atoms with Crippen molar-refractivity contribution in [1.29, 1.82) is 0 Å². The van der Waals surface area contributed by atoms with Crippen LogP contribution in [-0.2, 0) is 26.2 Å². The fourth-order valence-electron chi connectivity index (χ4n) is 4.23. The predicted molar refractivity (Wildman–Crippen MR) is 161 cm³/mol. The van der Waals surface area contributed by atoms with Gasteiger partial charge in [0.15, 0.2) is 0 Å². The van der Waals surface area contributed by atoms with E-state index in [4.69, 9.17) is 23.2 Å². The monoisotopic (exact) mass is 603 g/mol. The SMILES string of the molecule is CC[C@@H](C(=O)NCC(C)C)N(Cc1ccccc1C)C(=O)CN(c1cccc(Cl)c1Cl)S(=O)(=O)c1ccccc1. The van der Waals surface area contributed by atoms with Crippen molar-refractivity contribution in [2.24, 2.45) is 5.92 Å². The van der Waals surface area contributed by atoms with E-state index in [1.54, 1.807) is 30.3 Å². The topological polar surface area (TPSA) is 86.8 Å². The second kappa shape index (κ2) is 14.0. The van der Waals surface area contributed by atoms with Crippen LogP contribution in [0.15, 0.2) is 77.7 Å². The Labute approximate surface area is 247 Å². The summed E-state index contributed by atoms with van der Waals surface area (Å²) in [6.45, 7) is 7.71. The average Bonchev–Trinajstić information content (AvgIpc) is 2.93. The number of benzene rings is 3. The molecule has 10 heteroatoms. The maximum absolute atomic E-state index is 14.1. The Morgan fingerprint density at radius 1 is 0.925 bits per heavy atom. The minimum absolute atomic E-state index is 0.00337. The molecule has 0 aliphatic rings. The van der Waals surface area contributed by atoms with E-state index in [0.29, 0.717) is 13.0 Å². The maximum atomic E-state index is 14.1. The molecule has 0 aromatic heterocycles. The molecular weight excluding hydrogens is 569 g/mol. The number of anilines is 1. The highest BCUT2D eigenvalue weighted by Crippen LogP contribution is 2.35. The molecule has 0 spiro atoms. The molecule has 0 aliphatic heterocycles. The van der Waals surface area contributed by atoms with Crippen molar-refractivity contribution in [2.75, 3.05) is 17.4 Å². The molecule has 2 amide bonds. The third-order valence-electron chi connectivity index (χ3n) is 6.48. The summed E-state index contributed by atoms with van der Waals surface area (Å²) in [4.78, 5) is 28.9. The van der Waals surface area contributed by atoms with Gasteiger partial charge in [-0.2, -0.15) is 0 Å². The highest BCUT2D eigenvalue weighted by Gasteiger charge is 2.34. The lowest BCUT2D eigenvalue weighted by atomic mass is 10.1. The zero-order valence-electron chi connectivity index (χ0n) is 23.1. The third-order valence-corrected chi connectivity index (χ3v) is 9.07. The van der Waals surface area contributed by atoms with Gasteiger partial charge in [-0.05, 0) is 54.7 Å². The van der Waals surface area contributed by atoms with E-state index in [2.05, 4.69) is 5.32 Å². The number of aryl methyl sites for hydroxylation is 1. The van der Waals surface area contributed by atoms with Crippen LogP contribution in [0.2, 0.25) is 10.0 Å². The molecule has 0 unspecified atom stereocenters. The van der Waals surface area contributed by atoms with Crippen LogP contribution in [0.25, 0.3) is 0 Å². The van der Waals surface area contributed by atoms with Crippen LogP contribution in [0.5, 0.6) is 0 Å². The first-order chi connectivity index (χ1) is 19.0. The van der Waals surface area contributed by atoms with E-state index in [1.165, 1.54) is 23.1 Å². The quantitative estimate of drug-likeness (QED) is 0.272. The smallest absolute Gasteiger partial charge is 0.264 e. The largest absolute Gasteiger partial charge is 0.354 e. The first-order valence-electron chi connectivity index (χ1n) is 13.1. The molecule has 1 N–H and O–H groups in total. The van der Waals surface area contributed by atoms with Gasteiger partial charge in [0, 0.05) is 13.1 Å². The van der Waals surface area contributed by atoms with E-state index in [9.17, 15) is 18.0 Å². The van der Waals surface area contributed by atoms with Crippen LogP contribution in [0.4, 0.5) is 5.69 Å². The number of nitrogens with zero attached hydrogens (tertiary/aromatic N) is 2. The summed E-state index contributed by atoms with van der Waals surface area (Å²) in [6.07, 6.45) is 0.338. The van der Waals surface area contributed by atoms with Gasteiger partial charge in [-0.1, -0.05) is 92.5 Å². The summed E-state index contributed by atoms with van der Waals surface area (Å²) in [5.41, 5.74) is 1.87. The van der Waals surface area contributed by atoms with Gasteiger partial charge in [0.25, 0.3) is 10.0 Å². The third kappa shape index (κ3) is 7.56. The molecule has 3 rings (SSSR count). The Morgan fingerprint density at radius 3 is 2.20 bits per heavy atom. The lowest BCUT2D eigenvalue weighted by molar-refractivity contribution is -0.140. The van der Waals surface area contributed by atoms with E-state index in [-0.39, 0.29) is 39.0 Å². The lowest BCUT2D eigenvalue weighted by Crippen LogP contribution is -2.52. The molecule has 0 saturated heterocycles. The van der Waals surface area contributed by atoms with E-state index in [0.717, 1.165) is 15.4 Å². The average molecular weight is 605 g/mol. The normalized spacial score (nSPS) is 12.2. The van der Waals surface area contributed by atoms with Gasteiger partial charge in [-0.25, -0.2) is 8.42 Å². The number of amides is 2. The van der Waals surface area contributed by atoms with E-state index in [1.807, 2.05) is 52.0 Å². The fraction of sp³-hybridized carbons (Fsp3) is 0.333. The van der Waals surface area contributed by atoms with Crippen molar-refractivity contribution in [2.45, 2.75) is 51.6 Å². The summed E-state index contributed by atoms with van der Waals surface area (Å²) in [5.74, 6) is -0.625. The van der Waals surface area contributed by atoms with Crippen LogP contribution in [0.1, 0.15) is 38.3 Å². The fourth-order valence-corrected chi connectivity index (χ4v) is 6.13. The van der Waals surface area contributed by atoms with Crippen molar-refractivity contribution in [3.8, 4) is 0 Å². The molecule has 3 aromatic carbocycles. The number of hydrogen-bond donors (Lipinski definition) is 1. The van der Waals surface area contributed by atoms with E-state index < -0.39 is 28.5 Å². The molecule has 0 aliphatic carbocycles. The molecule has 0 heterocycles. The highest BCUT2D eigenvalue weighted by molar-refractivity contribution is 7.92. The lowest BCUT2D eigenvalue weighted by Gasteiger charge is -2.34. The molecule has 7 nitrogen and oxygen atoms in total. The van der Waals surface area contributed by atoms with Crippen molar-refractivity contribution in [3.05, 3.63) is 94.0 Å². The summed E-state index contributed by atoms with van der Waals surface area (Å²) in [7, 11) is -4.23. The molecule has 1 atom stereocenters. The summed E-state index contributed by atoms with van der Waals surface area (Å²) < 4.78 is 28.7. The van der Waals surface area contributed by atoms with Crippen molar-refractivity contribution >= 4 is 50.7 Å². The van der Waals surface area contributed by atoms with Crippen LogP contribution in [0.3, 0.4) is 0 Å². The molecule has 3 aromatic rings. The Kier molecular flexibility index (Phi) is 11.0. The molecule has 0 fully saturated rings. The van der Waals surface area contributed by atoms with Crippen molar-refractivity contribution in [3.63, 3.8) is 0 Å².